The molecular formula is C17H16Cl2N4. The highest BCUT2D eigenvalue weighted by molar-refractivity contribution is 6.39. The molecule has 0 aliphatic carbocycles. The van der Waals surface area contributed by atoms with Crippen molar-refractivity contribution in [1.29, 1.82) is 0 Å². The van der Waals surface area contributed by atoms with Crippen LogP contribution in [0.4, 0.5) is 0 Å². The zero-order valence-corrected chi connectivity index (χ0v) is 14.6. The van der Waals surface area contributed by atoms with Crippen LogP contribution >= 0.6 is 23.2 Å². The van der Waals surface area contributed by atoms with Crippen LogP contribution in [-0.4, -0.2) is 19.6 Å². The van der Waals surface area contributed by atoms with Gasteiger partial charge in [0, 0.05) is 23.7 Å². The monoisotopic (exact) mass is 346 g/mol. The third kappa shape index (κ3) is 2.84. The van der Waals surface area contributed by atoms with Crippen LogP contribution in [0.3, 0.4) is 0 Å². The first-order chi connectivity index (χ1) is 11.0. The SMILES string of the molecule is CC=CC=CC(C)c1c(Cl)nc2c(cnc3cc(C)nn32)c1Cl. The molecule has 0 fully saturated rings. The van der Waals surface area contributed by atoms with E-state index in [9.17, 15) is 0 Å². The molecule has 0 aliphatic heterocycles. The topological polar surface area (TPSA) is 43.1 Å². The van der Waals surface area contributed by atoms with E-state index < -0.39 is 0 Å². The number of aryl methyl sites for hydroxylation is 1. The largest absolute Gasteiger partial charge is 0.236 e. The molecule has 3 rings (SSSR count). The Bertz CT molecular complexity index is 941. The van der Waals surface area contributed by atoms with Gasteiger partial charge in [-0.05, 0) is 13.8 Å². The molecule has 0 saturated carbocycles. The lowest BCUT2D eigenvalue weighted by molar-refractivity contribution is 0.923. The molecule has 3 aromatic rings. The Balaban J connectivity index is 2.23. The molecule has 23 heavy (non-hydrogen) atoms. The van der Waals surface area contributed by atoms with Crippen molar-refractivity contribution in [3.05, 3.63) is 58.0 Å². The van der Waals surface area contributed by atoms with Crippen molar-refractivity contribution >= 4 is 39.9 Å². The first-order valence-electron chi connectivity index (χ1n) is 7.32. The van der Waals surface area contributed by atoms with Crippen LogP contribution in [0.15, 0.2) is 36.6 Å². The summed E-state index contributed by atoms with van der Waals surface area (Å²) in [5.74, 6) is 0.0400. The second-order valence-corrected chi connectivity index (χ2v) is 6.12. The highest BCUT2D eigenvalue weighted by Crippen LogP contribution is 2.36. The van der Waals surface area contributed by atoms with E-state index in [-0.39, 0.29) is 5.92 Å². The molecule has 1 unspecified atom stereocenters. The molecule has 118 valence electrons. The van der Waals surface area contributed by atoms with Crippen molar-refractivity contribution < 1.29 is 0 Å². The van der Waals surface area contributed by atoms with Crippen molar-refractivity contribution in [3.63, 3.8) is 0 Å². The minimum absolute atomic E-state index is 0.0400. The molecule has 1 atom stereocenters. The van der Waals surface area contributed by atoms with Gasteiger partial charge in [-0.1, -0.05) is 54.4 Å². The van der Waals surface area contributed by atoms with Gasteiger partial charge < -0.3 is 0 Å². The van der Waals surface area contributed by atoms with Gasteiger partial charge >= 0.3 is 0 Å². The van der Waals surface area contributed by atoms with Crippen LogP contribution < -0.4 is 0 Å². The quantitative estimate of drug-likeness (QED) is 0.487. The molecule has 0 saturated heterocycles. The number of halogens is 2. The fourth-order valence-corrected chi connectivity index (χ4v) is 3.30. The molecule has 3 aromatic heterocycles. The van der Waals surface area contributed by atoms with Crippen LogP contribution in [-0.2, 0) is 0 Å². The van der Waals surface area contributed by atoms with Crippen molar-refractivity contribution in [2.24, 2.45) is 0 Å². The zero-order chi connectivity index (χ0) is 16.6. The molecular weight excluding hydrogens is 331 g/mol. The summed E-state index contributed by atoms with van der Waals surface area (Å²) in [6.45, 7) is 5.91. The Morgan fingerprint density at radius 1 is 1.26 bits per heavy atom. The van der Waals surface area contributed by atoms with E-state index in [2.05, 4.69) is 15.1 Å². The van der Waals surface area contributed by atoms with Crippen molar-refractivity contribution in [2.75, 3.05) is 0 Å². The summed E-state index contributed by atoms with van der Waals surface area (Å²) in [5, 5.41) is 6.11. The Morgan fingerprint density at radius 3 is 2.78 bits per heavy atom. The maximum atomic E-state index is 6.60. The van der Waals surface area contributed by atoms with Gasteiger partial charge in [-0.25, -0.2) is 9.97 Å². The summed E-state index contributed by atoms with van der Waals surface area (Å²) in [6.07, 6.45) is 9.66. The zero-order valence-electron chi connectivity index (χ0n) is 13.1. The lowest BCUT2D eigenvalue weighted by Crippen LogP contribution is -2.01. The third-order valence-corrected chi connectivity index (χ3v) is 4.33. The van der Waals surface area contributed by atoms with Crippen LogP contribution in [0.5, 0.6) is 0 Å². The second-order valence-electron chi connectivity index (χ2n) is 5.38. The van der Waals surface area contributed by atoms with Gasteiger partial charge in [0.15, 0.2) is 11.3 Å². The highest BCUT2D eigenvalue weighted by Gasteiger charge is 2.18. The molecule has 0 radical (unpaired) electrons. The Labute approximate surface area is 144 Å². The van der Waals surface area contributed by atoms with Gasteiger partial charge in [0.2, 0.25) is 0 Å². The number of aromatic nitrogens is 4. The van der Waals surface area contributed by atoms with E-state index in [1.807, 2.05) is 51.1 Å². The van der Waals surface area contributed by atoms with E-state index in [4.69, 9.17) is 23.2 Å². The van der Waals surface area contributed by atoms with Crippen LogP contribution in [0, 0.1) is 6.92 Å². The number of pyridine rings is 1. The van der Waals surface area contributed by atoms with Crippen LogP contribution in [0.1, 0.15) is 31.0 Å². The maximum absolute atomic E-state index is 6.60. The van der Waals surface area contributed by atoms with E-state index in [0.717, 1.165) is 22.3 Å². The Morgan fingerprint density at radius 2 is 2.04 bits per heavy atom. The molecule has 4 nitrogen and oxygen atoms in total. The number of hydrogen-bond acceptors (Lipinski definition) is 3. The van der Waals surface area contributed by atoms with Crippen LogP contribution in [0.25, 0.3) is 16.7 Å². The summed E-state index contributed by atoms with van der Waals surface area (Å²) in [4.78, 5) is 8.92. The number of hydrogen-bond donors (Lipinski definition) is 0. The fraction of sp³-hybridized carbons (Fsp3) is 0.235. The number of allylic oxidation sites excluding steroid dienone is 4. The molecule has 0 N–H and O–H groups in total. The molecule has 6 heteroatoms. The van der Waals surface area contributed by atoms with Gasteiger partial charge in [-0.3, -0.25) is 0 Å². The van der Waals surface area contributed by atoms with Gasteiger partial charge in [0.1, 0.15) is 5.15 Å². The standard InChI is InChI=1S/C17H16Cl2N4/c1-4-5-6-7-10(2)14-15(18)12-9-20-13-8-11(3)22-23(13)17(12)21-16(14)19/h4-10H,1-3H3. The number of nitrogens with zero attached hydrogens (tertiary/aromatic N) is 4. The highest BCUT2D eigenvalue weighted by atomic mass is 35.5. The van der Waals surface area contributed by atoms with Crippen molar-refractivity contribution in [2.45, 2.75) is 26.7 Å². The summed E-state index contributed by atoms with van der Waals surface area (Å²) in [5.41, 5.74) is 3.01. The van der Waals surface area contributed by atoms with E-state index in [1.165, 1.54) is 0 Å². The lowest BCUT2D eigenvalue weighted by Gasteiger charge is -2.13. The summed E-state index contributed by atoms with van der Waals surface area (Å²) < 4.78 is 1.67. The molecule has 0 amide bonds. The third-order valence-electron chi connectivity index (χ3n) is 3.64. The van der Waals surface area contributed by atoms with E-state index >= 15 is 0 Å². The van der Waals surface area contributed by atoms with Gasteiger partial charge in [-0.2, -0.15) is 9.61 Å². The number of rotatable bonds is 3. The smallest absolute Gasteiger partial charge is 0.167 e. The van der Waals surface area contributed by atoms with Gasteiger partial charge in [0.25, 0.3) is 0 Å². The van der Waals surface area contributed by atoms with E-state index in [0.29, 0.717) is 15.8 Å². The molecule has 0 bridgehead atoms. The van der Waals surface area contributed by atoms with Crippen LogP contribution in [0.2, 0.25) is 10.2 Å². The average molecular weight is 347 g/mol. The summed E-state index contributed by atoms with van der Waals surface area (Å²) >= 11 is 13.0. The lowest BCUT2D eigenvalue weighted by atomic mass is 10.0. The first-order valence-corrected chi connectivity index (χ1v) is 8.08. The maximum Gasteiger partial charge on any atom is 0.167 e. The predicted molar refractivity (Wildman–Crippen MR) is 95.4 cm³/mol. The van der Waals surface area contributed by atoms with Crippen molar-refractivity contribution in [3.8, 4) is 0 Å². The average Bonchev–Trinajstić information content (AvgIpc) is 2.88. The Kier molecular flexibility index (Phi) is 4.37. The molecule has 3 heterocycles. The normalized spacial score (nSPS) is 13.8. The molecule has 0 aromatic carbocycles. The number of fused-ring (bicyclic) bond motifs is 3. The fourth-order valence-electron chi connectivity index (χ4n) is 2.51. The predicted octanol–water partition coefficient (Wildman–Crippen LogP) is 5.13. The minimum atomic E-state index is 0.0400. The second kappa shape index (κ2) is 6.30. The van der Waals surface area contributed by atoms with Gasteiger partial charge in [0.05, 0.1) is 16.1 Å². The minimum Gasteiger partial charge on any atom is -0.236 e. The molecule has 0 aliphatic rings. The van der Waals surface area contributed by atoms with Gasteiger partial charge in [-0.15, -0.1) is 0 Å². The summed E-state index contributed by atoms with van der Waals surface area (Å²) in [7, 11) is 0. The molecule has 0 spiro atoms. The van der Waals surface area contributed by atoms with Crippen molar-refractivity contribution in [1.82, 2.24) is 19.6 Å². The first kappa shape index (κ1) is 16.0. The Hall–Kier alpha value is -1.91. The summed E-state index contributed by atoms with van der Waals surface area (Å²) in [6, 6.07) is 1.89. The van der Waals surface area contributed by atoms with E-state index in [1.54, 1.807) is 10.7 Å².